The molecule has 6 heteroatoms. The molecule has 1 aromatic carbocycles. The largest absolute Gasteiger partial charge is 0.496 e. The molecule has 3 rings (SSSR count). The van der Waals surface area contributed by atoms with Gasteiger partial charge in [0, 0.05) is 12.6 Å². The third-order valence-corrected chi connectivity index (χ3v) is 4.89. The van der Waals surface area contributed by atoms with E-state index in [-0.39, 0.29) is 12.1 Å². The number of piperidine rings is 1. The van der Waals surface area contributed by atoms with E-state index in [1.165, 1.54) is 19.8 Å². The van der Waals surface area contributed by atoms with Crippen LogP contribution in [-0.2, 0) is 15.9 Å². The van der Waals surface area contributed by atoms with Gasteiger partial charge in [-0.15, -0.1) is 0 Å². The van der Waals surface area contributed by atoms with Crippen molar-refractivity contribution in [3.8, 4) is 5.75 Å². The molecule has 2 bridgehead atoms. The zero-order chi connectivity index (χ0) is 16.6. The maximum absolute atomic E-state index is 12.0. The molecule has 1 saturated heterocycles. The van der Waals surface area contributed by atoms with Crippen LogP contribution >= 0.6 is 0 Å². The maximum atomic E-state index is 12.0. The van der Waals surface area contributed by atoms with Crippen LogP contribution in [0.3, 0.4) is 0 Å². The van der Waals surface area contributed by atoms with Gasteiger partial charge in [0.25, 0.3) is 0 Å². The fourth-order valence-corrected chi connectivity index (χ4v) is 3.77. The van der Waals surface area contributed by atoms with Crippen LogP contribution in [-0.4, -0.2) is 50.9 Å². The Bertz CT molecular complexity index is 642. The average molecular weight is 319 g/mol. The van der Waals surface area contributed by atoms with Crippen molar-refractivity contribution in [1.29, 1.82) is 0 Å². The molecule has 2 aliphatic rings. The number of rotatable bonds is 2. The minimum Gasteiger partial charge on any atom is -0.496 e. The van der Waals surface area contributed by atoms with Crippen molar-refractivity contribution in [2.75, 3.05) is 27.9 Å². The number of nitrogens with zero attached hydrogens (tertiary/aromatic N) is 1. The minimum absolute atomic E-state index is 0.118. The number of amides is 1. The number of esters is 1. The number of likely N-dealkylation sites (tertiary alicyclic amines) is 1. The Balaban J connectivity index is 1.98. The van der Waals surface area contributed by atoms with Gasteiger partial charge in [-0.2, -0.15) is 0 Å². The van der Waals surface area contributed by atoms with Crippen molar-refractivity contribution in [1.82, 2.24) is 4.90 Å². The van der Waals surface area contributed by atoms with Gasteiger partial charge < -0.3 is 19.1 Å². The number of carbonyl (C=O) groups is 2. The molecular weight excluding hydrogens is 298 g/mol. The highest BCUT2D eigenvalue weighted by molar-refractivity contribution is 5.93. The molecule has 1 amide bonds. The third kappa shape index (κ3) is 2.62. The molecule has 0 aromatic heterocycles. The summed E-state index contributed by atoms with van der Waals surface area (Å²) in [6, 6.07) is 3.92. The summed E-state index contributed by atoms with van der Waals surface area (Å²) in [7, 11) is 4.32. The average Bonchev–Trinajstić information content (AvgIpc) is 2.59. The molecule has 1 aliphatic heterocycles. The highest BCUT2D eigenvalue weighted by Crippen LogP contribution is 2.42. The van der Waals surface area contributed by atoms with Gasteiger partial charge in [-0.1, -0.05) is 0 Å². The molecule has 0 saturated carbocycles. The molecule has 1 aromatic rings. The van der Waals surface area contributed by atoms with Crippen molar-refractivity contribution in [2.45, 2.75) is 31.2 Å². The number of methoxy groups -OCH3 is 3. The summed E-state index contributed by atoms with van der Waals surface area (Å²) in [5.41, 5.74) is 2.73. The molecule has 1 fully saturated rings. The Labute approximate surface area is 135 Å². The van der Waals surface area contributed by atoms with Gasteiger partial charge in [0.1, 0.15) is 11.3 Å². The van der Waals surface area contributed by atoms with Crippen LogP contribution in [0.5, 0.6) is 5.75 Å². The third-order valence-electron chi connectivity index (χ3n) is 4.89. The molecular formula is C17H21NO5. The predicted octanol–water partition coefficient (Wildman–Crippen LogP) is 2.35. The standard InChI is InChI=1S/C17H21NO5/c1-21-15-9-13-10-4-5-18(17(20)23-3)12(6-10)7-11(13)8-14(15)16(19)22-2/h8-10,12H,4-7H2,1-3H3. The van der Waals surface area contributed by atoms with Gasteiger partial charge in [0.05, 0.1) is 21.3 Å². The second kappa shape index (κ2) is 6.10. The monoisotopic (exact) mass is 319 g/mol. The quantitative estimate of drug-likeness (QED) is 0.783. The summed E-state index contributed by atoms with van der Waals surface area (Å²) in [6.07, 6.45) is 2.25. The van der Waals surface area contributed by atoms with Crippen LogP contribution in [0.25, 0.3) is 0 Å². The lowest BCUT2D eigenvalue weighted by Gasteiger charge is -2.43. The first-order chi connectivity index (χ1) is 11.1. The second-order valence-electron chi connectivity index (χ2n) is 5.99. The second-order valence-corrected chi connectivity index (χ2v) is 5.99. The summed E-state index contributed by atoms with van der Waals surface area (Å²) < 4.78 is 15.1. The van der Waals surface area contributed by atoms with E-state index >= 15 is 0 Å². The van der Waals surface area contributed by atoms with Crippen molar-refractivity contribution < 1.29 is 23.8 Å². The number of hydrogen-bond donors (Lipinski definition) is 0. The van der Waals surface area contributed by atoms with E-state index in [0.717, 1.165) is 24.8 Å². The first-order valence-electron chi connectivity index (χ1n) is 7.72. The lowest BCUT2D eigenvalue weighted by molar-refractivity contribution is 0.0595. The fourth-order valence-electron chi connectivity index (χ4n) is 3.77. The predicted molar refractivity (Wildman–Crippen MR) is 82.9 cm³/mol. The van der Waals surface area contributed by atoms with E-state index in [0.29, 0.717) is 23.8 Å². The number of carbonyl (C=O) groups excluding carboxylic acids is 2. The van der Waals surface area contributed by atoms with Crippen LogP contribution in [0.15, 0.2) is 12.1 Å². The number of benzene rings is 1. The number of ether oxygens (including phenoxy) is 3. The van der Waals surface area contributed by atoms with Gasteiger partial charge >= 0.3 is 12.1 Å². The Kier molecular flexibility index (Phi) is 4.15. The molecule has 2 unspecified atom stereocenters. The van der Waals surface area contributed by atoms with Crippen molar-refractivity contribution in [3.63, 3.8) is 0 Å². The Morgan fingerprint density at radius 1 is 1.17 bits per heavy atom. The van der Waals surface area contributed by atoms with E-state index in [1.807, 2.05) is 12.1 Å². The maximum Gasteiger partial charge on any atom is 0.409 e. The molecule has 1 aliphatic carbocycles. The molecule has 2 atom stereocenters. The topological polar surface area (TPSA) is 65.1 Å². The van der Waals surface area contributed by atoms with Gasteiger partial charge in [0.2, 0.25) is 0 Å². The highest BCUT2D eigenvalue weighted by atomic mass is 16.5. The SMILES string of the molecule is COC(=O)c1cc2c(cc1OC)C1CCN(C(=O)OC)C(C2)C1. The summed E-state index contributed by atoms with van der Waals surface area (Å²) in [4.78, 5) is 25.7. The van der Waals surface area contributed by atoms with Gasteiger partial charge in [-0.25, -0.2) is 9.59 Å². The van der Waals surface area contributed by atoms with E-state index in [9.17, 15) is 9.59 Å². The normalized spacial score (nSPS) is 22.1. The number of fused-ring (bicyclic) bond motifs is 4. The fraction of sp³-hybridized carbons (Fsp3) is 0.529. The van der Waals surface area contributed by atoms with Crippen molar-refractivity contribution >= 4 is 12.1 Å². The zero-order valence-electron chi connectivity index (χ0n) is 13.6. The highest BCUT2D eigenvalue weighted by Gasteiger charge is 2.38. The Morgan fingerprint density at radius 3 is 2.61 bits per heavy atom. The molecule has 6 nitrogen and oxygen atoms in total. The lowest BCUT2D eigenvalue weighted by Crippen LogP contribution is -2.48. The molecule has 0 radical (unpaired) electrons. The van der Waals surface area contributed by atoms with Crippen LogP contribution in [0, 0.1) is 0 Å². The van der Waals surface area contributed by atoms with E-state index in [4.69, 9.17) is 14.2 Å². The van der Waals surface area contributed by atoms with E-state index in [2.05, 4.69) is 0 Å². The van der Waals surface area contributed by atoms with Gasteiger partial charge in [-0.05, 0) is 48.4 Å². The number of hydrogen-bond acceptors (Lipinski definition) is 5. The molecule has 124 valence electrons. The van der Waals surface area contributed by atoms with E-state index in [1.54, 1.807) is 12.0 Å². The van der Waals surface area contributed by atoms with Crippen LogP contribution in [0.1, 0.15) is 40.2 Å². The smallest absolute Gasteiger partial charge is 0.409 e. The lowest BCUT2D eigenvalue weighted by atomic mass is 9.75. The van der Waals surface area contributed by atoms with Crippen LogP contribution in [0.2, 0.25) is 0 Å². The van der Waals surface area contributed by atoms with Gasteiger partial charge in [-0.3, -0.25) is 0 Å². The van der Waals surface area contributed by atoms with Crippen LogP contribution in [0.4, 0.5) is 4.79 Å². The Hall–Kier alpha value is -2.24. The molecule has 1 heterocycles. The van der Waals surface area contributed by atoms with Crippen molar-refractivity contribution in [3.05, 3.63) is 28.8 Å². The summed E-state index contributed by atoms with van der Waals surface area (Å²) >= 11 is 0. The Morgan fingerprint density at radius 2 is 1.96 bits per heavy atom. The van der Waals surface area contributed by atoms with Gasteiger partial charge in [0.15, 0.2) is 0 Å². The molecule has 0 N–H and O–H groups in total. The van der Waals surface area contributed by atoms with Crippen LogP contribution < -0.4 is 4.74 Å². The van der Waals surface area contributed by atoms with Crippen molar-refractivity contribution in [2.24, 2.45) is 0 Å². The summed E-state index contributed by atoms with van der Waals surface area (Å²) in [6.45, 7) is 0.697. The summed E-state index contributed by atoms with van der Waals surface area (Å²) in [5.74, 6) is 0.514. The summed E-state index contributed by atoms with van der Waals surface area (Å²) in [5, 5.41) is 0. The molecule has 23 heavy (non-hydrogen) atoms. The minimum atomic E-state index is -0.412. The first-order valence-corrected chi connectivity index (χ1v) is 7.72. The van der Waals surface area contributed by atoms with E-state index < -0.39 is 5.97 Å². The zero-order valence-corrected chi connectivity index (χ0v) is 13.6. The molecule has 0 spiro atoms. The first kappa shape index (κ1) is 15.6.